The molecule has 0 bridgehead atoms. The van der Waals surface area contributed by atoms with Gasteiger partial charge in [-0.15, -0.1) is 0 Å². The lowest BCUT2D eigenvalue weighted by atomic mass is 10.0. The average Bonchev–Trinajstić information content (AvgIpc) is 2.71. The predicted molar refractivity (Wildman–Crippen MR) is 129 cm³/mol. The maximum Gasteiger partial charge on any atom is 0.248 e. The number of aryl methyl sites for hydroxylation is 6. The van der Waals surface area contributed by atoms with E-state index >= 15 is 0 Å². The SMILES string of the molecule is Cc1cc(C)c(C(=O)P(=O)(C(=O)c2c(C)cc(C)cc2C)c2ccc(C=O)cc2)c(C)c1. The Morgan fingerprint density at radius 2 is 1.00 bits per heavy atom. The minimum Gasteiger partial charge on any atom is -0.302 e. The Morgan fingerprint density at radius 3 is 1.31 bits per heavy atom. The van der Waals surface area contributed by atoms with Gasteiger partial charge >= 0.3 is 0 Å². The summed E-state index contributed by atoms with van der Waals surface area (Å²) in [5, 5.41) is 0.136. The second-order valence-electron chi connectivity index (χ2n) is 8.48. The minimum absolute atomic E-state index is 0.136. The normalized spacial score (nSPS) is 11.3. The van der Waals surface area contributed by atoms with E-state index in [9.17, 15) is 18.9 Å². The quantitative estimate of drug-likeness (QED) is 0.343. The van der Waals surface area contributed by atoms with Gasteiger partial charge in [-0.3, -0.25) is 14.4 Å². The van der Waals surface area contributed by atoms with E-state index in [1.807, 2.05) is 38.1 Å². The molecular weight excluding hydrogens is 419 g/mol. The Balaban J connectivity index is 2.32. The van der Waals surface area contributed by atoms with E-state index in [-0.39, 0.29) is 5.30 Å². The Morgan fingerprint density at radius 1 is 0.656 bits per heavy atom. The molecule has 0 atom stereocenters. The van der Waals surface area contributed by atoms with Gasteiger partial charge in [-0.1, -0.05) is 47.5 Å². The second-order valence-corrected chi connectivity index (χ2v) is 11.0. The van der Waals surface area contributed by atoms with Gasteiger partial charge in [0.1, 0.15) is 6.29 Å². The molecule has 0 aromatic heterocycles. The van der Waals surface area contributed by atoms with Crippen LogP contribution in [0.25, 0.3) is 0 Å². The third-order valence-corrected chi connectivity index (χ3v) is 8.36. The maximum atomic E-state index is 14.6. The maximum absolute atomic E-state index is 14.6. The van der Waals surface area contributed by atoms with E-state index in [0.29, 0.717) is 45.2 Å². The van der Waals surface area contributed by atoms with Crippen LogP contribution < -0.4 is 5.30 Å². The summed E-state index contributed by atoms with van der Waals surface area (Å²) in [5.41, 5.74) is 4.37. The number of carbonyl (C=O) groups excluding carboxylic acids is 3. The van der Waals surface area contributed by atoms with Gasteiger partial charge in [-0.25, -0.2) is 0 Å². The first kappa shape index (κ1) is 23.6. The molecule has 0 amide bonds. The molecule has 5 heteroatoms. The summed E-state index contributed by atoms with van der Waals surface area (Å²) in [7, 11) is -4.26. The van der Waals surface area contributed by atoms with Crippen LogP contribution in [0.15, 0.2) is 48.5 Å². The van der Waals surface area contributed by atoms with E-state index < -0.39 is 18.2 Å². The van der Waals surface area contributed by atoms with E-state index in [2.05, 4.69) is 0 Å². The van der Waals surface area contributed by atoms with Crippen LogP contribution in [0.5, 0.6) is 0 Å². The third-order valence-electron chi connectivity index (χ3n) is 5.75. The molecule has 0 aliphatic heterocycles. The lowest BCUT2D eigenvalue weighted by Gasteiger charge is -2.21. The van der Waals surface area contributed by atoms with E-state index in [4.69, 9.17) is 0 Å². The van der Waals surface area contributed by atoms with Crippen molar-refractivity contribution < 1.29 is 18.9 Å². The van der Waals surface area contributed by atoms with Gasteiger partial charge in [-0.2, -0.15) is 0 Å². The zero-order chi connectivity index (χ0) is 23.8. The Hall–Kier alpha value is -3.10. The molecule has 0 heterocycles. The standard InChI is InChI=1S/C27H27O4P/c1-16-11-18(3)24(19(4)12-16)26(29)32(31,23-9-7-22(15-28)8-10-23)27(30)25-20(5)13-17(2)14-21(25)6/h7-15H,1-6H3. The van der Waals surface area contributed by atoms with Crippen molar-refractivity contribution in [2.24, 2.45) is 0 Å². The van der Waals surface area contributed by atoms with Gasteiger partial charge in [0.15, 0.2) is 0 Å². The summed E-state index contributed by atoms with van der Waals surface area (Å²) < 4.78 is 14.6. The van der Waals surface area contributed by atoms with Crippen LogP contribution >= 0.6 is 7.14 Å². The summed E-state index contributed by atoms with van der Waals surface area (Å²) in [6.45, 7) is 11.0. The van der Waals surface area contributed by atoms with E-state index in [0.717, 1.165) is 11.1 Å². The highest BCUT2D eigenvalue weighted by atomic mass is 31.2. The highest BCUT2D eigenvalue weighted by Crippen LogP contribution is 2.52. The Bertz CT molecular complexity index is 1180. The number of rotatable bonds is 6. The molecule has 0 saturated carbocycles. The van der Waals surface area contributed by atoms with Crippen molar-refractivity contribution in [3.8, 4) is 0 Å². The molecule has 3 aromatic rings. The van der Waals surface area contributed by atoms with Crippen LogP contribution in [0.4, 0.5) is 0 Å². The molecule has 3 rings (SSSR count). The summed E-state index contributed by atoms with van der Waals surface area (Å²) in [6, 6.07) is 13.3. The highest BCUT2D eigenvalue weighted by Gasteiger charge is 2.44. The fraction of sp³-hybridized carbons (Fsp3) is 0.222. The molecule has 3 aromatic carbocycles. The van der Waals surface area contributed by atoms with Crippen LogP contribution in [0.2, 0.25) is 0 Å². The van der Waals surface area contributed by atoms with Gasteiger partial charge < -0.3 is 4.57 Å². The van der Waals surface area contributed by atoms with Crippen LogP contribution in [0, 0.1) is 41.5 Å². The van der Waals surface area contributed by atoms with Crippen molar-refractivity contribution in [1.82, 2.24) is 0 Å². The Kier molecular flexibility index (Phi) is 6.48. The molecule has 0 spiro atoms. The van der Waals surface area contributed by atoms with Crippen molar-refractivity contribution >= 4 is 29.8 Å². The highest BCUT2D eigenvalue weighted by molar-refractivity contribution is 8.01. The molecule has 0 aliphatic rings. The fourth-order valence-electron chi connectivity index (χ4n) is 4.44. The van der Waals surface area contributed by atoms with Crippen molar-refractivity contribution in [1.29, 1.82) is 0 Å². The zero-order valence-corrected chi connectivity index (χ0v) is 20.2. The van der Waals surface area contributed by atoms with Gasteiger partial charge in [0, 0.05) is 22.0 Å². The second kappa shape index (κ2) is 8.80. The summed E-state index contributed by atoms with van der Waals surface area (Å²) in [4.78, 5) is 39.0. The molecular formula is C27H27O4P. The van der Waals surface area contributed by atoms with Crippen molar-refractivity contribution in [2.75, 3.05) is 0 Å². The molecule has 0 radical (unpaired) electrons. The zero-order valence-electron chi connectivity index (χ0n) is 19.3. The number of hydrogen-bond acceptors (Lipinski definition) is 4. The largest absolute Gasteiger partial charge is 0.302 e. The molecule has 0 aliphatic carbocycles. The van der Waals surface area contributed by atoms with E-state index in [1.54, 1.807) is 27.7 Å². The van der Waals surface area contributed by atoms with Crippen LogP contribution in [0.3, 0.4) is 0 Å². The number of benzene rings is 3. The molecule has 164 valence electrons. The monoisotopic (exact) mass is 446 g/mol. The van der Waals surface area contributed by atoms with Crippen molar-refractivity contribution in [2.45, 2.75) is 41.5 Å². The Labute approximate surface area is 189 Å². The van der Waals surface area contributed by atoms with Gasteiger partial charge in [0.2, 0.25) is 18.2 Å². The molecule has 4 nitrogen and oxygen atoms in total. The predicted octanol–water partition coefficient (Wildman–Crippen LogP) is 6.02. The molecule has 0 fully saturated rings. The van der Waals surface area contributed by atoms with Gasteiger partial charge in [-0.05, 0) is 75.9 Å². The summed E-state index contributed by atoms with van der Waals surface area (Å²) in [5.74, 6) is 0. The lowest BCUT2D eigenvalue weighted by Crippen LogP contribution is -2.23. The number of aldehydes is 1. The first-order valence-electron chi connectivity index (χ1n) is 10.4. The fourth-order valence-corrected chi connectivity index (χ4v) is 7.00. The topological polar surface area (TPSA) is 68.3 Å². The summed E-state index contributed by atoms with van der Waals surface area (Å²) >= 11 is 0. The van der Waals surface area contributed by atoms with Crippen molar-refractivity contribution in [3.05, 3.63) is 98.6 Å². The van der Waals surface area contributed by atoms with Crippen LogP contribution in [-0.2, 0) is 4.57 Å². The van der Waals surface area contributed by atoms with E-state index in [1.165, 1.54) is 24.3 Å². The number of hydrogen-bond donors (Lipinski definition) is 0. The van der Waals surface area contributed by atoms with Crippen LogP contribution in [0.1, 0.15) is 64.5 Å². The summed E-state index contributed by atoms with van der Waals surface area (Å²) in [6.07, 6.45) is 0.668. The molecule has 32 heavy (non-hydrogen) atoms. The van der Waals surface area contributed by atoms with Crippen LogP contribution in [-0.4, -0.2) is 17.3 Å². The van der Waals surface area contributed by atoms with Crippen molar-refractivity contribution in [3.63, 3.8) is 0 Å². The van der Waals surface area contributed by atoms with Gasteiger partial charge in [0.05, 0.1) is 0 Å². The third kappa shape index (κ3) is 4.03. The first-order valence-corrected chi connectivity index (χ1v) is 12.1. The average molecular weight is 446 g/mol. The molecule has 0 N–H and O–H groups in total. The smallest absolute Gasteiger partial charge is 0.248 e. The first-order chi connectivity index (χ1) is 15.0. The number of carbonyl (C=O) groups is 3. The molecule has 0 saturated heterocycles. The van der Waals surface area contributed by atoms with Gasteiger partial charge in [0.25, 0.3) is 0 Å². The molecule has 0 unspecified atom stereocenters. The lowest BCUT2D eigenvalue weighted by molar-refractivity contribution is 0.103. The minimum atomic E-state index is -4.26.